The van der Waals surface area contributed by atoms with Crippen molar-refractivity contribution in [1.29, 1.82) is 0 Å². The summed E-state index contributed by atoms with van der Waals surface area (Å²) < 4.78 is 0. The number of hydrogen-bond acceptors (Lipinski definition) is 3. The molecule has 1 atom stereocenters. The number of amides is 2. The van der Waals surface area contributed by atoms with Crippen LogP contribution in [0.4, 0.5) is 5.69 Å². The van der Waals surface area contributed by atoms with Crippen LogP contribution in [0.5, 0.6) is 0 Å². The van der Waals surface area contributed by atoms with Crippen molar-refractivity contribution in [3.05, 3.63) is 58.3 Å². The van der Waals surface area contributed by atoms with Crippen LogP contribution in [0.3, 0.4) is 0 Å². The van der Waals surface area contributed by atoms with Crippen molar-refractivity contribution in [2.75, 3.05) is 11.9 Å². The van der Waals surface area contributed by atoms with Crippen molar-refractivity contribution >= 4 is 34.9 Å². The second kappa shape index (κ2) is 7.45. The third-order valence-electron chi connectivity index (χ3n) is 4.03. The maximum Gasteiger partial charge on any atom is 0.247 e. The molecule has 2 aromatic rings. The van der Waals surface area contributed by atoms with Gasteiger partial charge in [-0.3, -0.25) is 9.59 Å². The molecule has 4 nitrogen and oxygen atoms in total. The number of carbonyl (C=O) groups is 2. The molecule has 1 unspecified atom stereocenters. The highest BCUT2D eigenvalue weighted by Gasteiger charge is 2.33. The van der Waals surface area contributed by atoms with E-state index < -0.39 is 6.04 Å². The molecule has 1 aliphatic rings. The lowest BCUT2D eigenvalue weighted by molar-refractivity contribution is -0.132. The average Bonchev–Trinajstić information content (AvgIpc) is 3.22. The molecule has 0 radical (unpaired) electrons. The maximum absolute atomic E-state index is 12.5. The molecule has 124 valence electrons. The number of thiophene rings is 1. The van der Waals surface area contributed by atoms with Crippen LogP contribution in [0.1, 0.15) is 22.6 Å². The number of benzene rings is 1. The van der Waals surface area contributed by atoms with Gasteiger partial charge in [-0.2, -0.15) is 0 Å². The van der Waals surface area contributed by atoms with Crippen LogP contribution < -0.4 is 5.32 Å². The first-order chi connectivity index (χ1) is 11.6. The fraction of sp³-hybridized carbons (Fsp3) is 0.263. The third-order valence-corrected chi connectivity index (χ3v) is 5.00. The van der Waals surface area contributed by atoms with Crippen molar-refractivity contribution in [3.63, 3.8) is 0 Å². The Morgan fingerprint density at radius 1 is 1.21 bits per heavy atom. The zero-order valence-electron chi connectivity index (χ0n) is 13.6. The van der Waals surface area contributed by atoms with E-state index in [1.54, 1.807) is 22.3 Å². The molecule has 1 aliphatic heterocycles. The van der Waals surface area contributed by atoms with Gasteiger partial charge in [-0.05, 0) is 50.1 Å². The Labute approximate surface area is 145 Å². The summed E-state index contributed by atoms with van der Waals surface area (Å²) in [5, 5.41) is 2.89. The molecular weight excluding hydrogens is 320 g/mol. The lowest BCUT2D eigenvalue weighted by Gasteiger charge is -2.22. The smallest absolute Gasteiger partial charge is 0.247 e. The van der Waals surface area contributed by atoms with Gasteiger partial charge in [0.25, 0.3) is 0 Å². The summed E-state index contributed by atoms with van der Waals surface area (Å²) in [6, 6.07) is 13.0. The molecule has 2 heterocycles. The summed E-state index contributed by atoms with van der Waals surface area (Å²) >= 11 is 1.64. The SMILES string of the molecule is Cc1ccc(/C=C/C(=O)N2CCCC2C(=O)Nc2ccccc2)s1. The zero-order chi connectivity index (χ0) is 16.9. The highest BCUT2D eigenvalue weighted by Crippen LogP contribution is 2.21. The van der Waals surface area contributed by atoms with Gasteiger partial charge in [-0.1, -0.05) is 18.2 Å². The normalized spacial score (nSPS) is 17.4. The Morgan fingerprint density at radius 2 is 2.00 bits per heavy atom. The number of nitrogens with one attached hydrogen (secondary N) is 1. The van der Waals surface area contributed by atoms with Gasteiger partial charge in [-0.25, -0.2) is 0 Å². The van der Waals surface area contributed by atoms with E-state index in [9.17, 15) is 9.59 Å². The fourth-order valence-electron chi connectivity index (χ4n) is 2.84. The molecule has 1 aromatic heterocycles. The van der Waals surface area contributed by atoms with Gasteiger partial charge in [0, 0.05) is 28.1 Å². The first-order valence-corrected chi connectivity index (χ1v) is 8.86. The Bertz CT molecular complexity index is 752. The van der Waals surface area contributed by atoms with E-state index in [4.69, 9.17) is 0 Å². The number of carbonyl (C=O) groups excluding carboxylic acids is 2. The molecule has 0 bridgehead atoms. The number of likely N-dealkylation sites (tertiary alicyclic amines) is 1. The summed E-state index contributed by atoms with van der Waals surface area (Å²) in [6.45, 7) is 2.66. The maximum atomic E-state index is 12.5. The van der Waals surface area contributed by atoms with Gasteiger partial charge in [0.15, 0.2) is 0 Å². The summed E-state index contributed by atoms with van der Waals surface area (Å²) in [6.07, 6.45) is 4.95. The molecule has 3 rings (SSSR count). The first-order valence-electron chi connectivity index (χ1n) is 8.04. The second-order valence-corrected chi connectivity index (χ2v) is 7.15. The molecule has 24 heavy (non-hydrogen) atoms. The Hall–Kier alpha value is -2.40. The molecule has 1 aromatic carbocycles. The lowest BCUT2D eigenvalue weighted by Crippen LogP contribution is -2.42. The fourth-order valence-corrected chi connectivity index (χ4v) is 3.62. The van der Waals surface area contributed by atoms with E-state index in [1.165, 1.54) is 4.88 Å². The molecule has 0 aliphatic carbocycles. The topological polar surface area (TPSA) is 49.4 Å². The molecule has 1 fully saturated rings. The number of rotatable bonds is 4. The van der Waals surface area contributed by atoms with Gasteiger partial charge in [-0.15, -0.1) is 11.3 Å². The molecule has 1 N–H and O–H groups in total. The van der Waals surface area contributed by atoms with Crippen molar-refractivity contribution in [3.8, 4) is 0 Å². The highest BCUT2D eigenvalue weighted by molar-refractivity contribution is 7.12. The second-order valence-electron chi connectivity index (χ2n) is 5.83. The van der Waals surface area contributed by atoms with Crippen LogP contribution in [-0.4, -0.2) is 29.3 Å². The van der Waals surface area contributed by atoms with E-state index in [-0.39, 0.29) is 11.8 Å². The van der Waals surface area contributed by atoms with E-state index in [0.29, 0.717) is 13.0 Å². The number of aryl methyl sites for hydroxylation is 1. The van der Waals surface area contributed by atoms with Crippen molar-refractivity contribution in [1.82, 2.24) is 4.90 Å². The van der Waals surface area contributed by atoms with Crippen LogP contribution in [0.25, 0.3) is 6.08 Å². The van der Waals surface area contributed by atoms with Gasteiger partial charge in [0.2, 0.25) is 11.8 Å². The predicted molar refractivity (Wildman–Crippen MR) is 97.9 cm³/mol. The van der Waals surface area contributed by atoms with Crippen molar-refractivity contribution in [2.24, 2.45) is 0 Å². The van der Waals surface area contributed by atoms with Crippen molar-refractivity contribution in [2.45, 2.75) is 25.8 Å². The number of hydrogen-bond donors (Lipinski definition) is 1. The minimum Gasteiger partial charge on any atom is -0.327 e. The van der Waals surface area contributed by atoms with E-state index >= 15 is 0 Å². The van der Waals surface area contributed by atoms with E-state index in [1.807, 2.05) is 55.5 Å². The molecule has 5 heteroatoms. The molecule has 2 amide bonds. The highest BCUT2D eigenvalue weighted by atomic mass is 32.1. The number of anilines is 1. The first kappa shape index (κ1) is 16.5. The van der Waals surface area contributed by atoms with Crippen LogP contribution in [0, 0.1) is 6.92 Å². The standard InChI is InChI=1S/C19H20N2O2S/c1-14-9-10-16(24-14)11-12-18(22)21-13-5-8-17(21)19(23)20-15-6-3-2-4-7-15/h2-4,6-7,9-12,17H,5,8,13H2,1H3,(H,20,23)/b12-11+. The predicted octanol–water partition coefficient (Wildman–Crippen LogP) is 3.70. The van der Waals surface area contributed by atoms with E-state index in [0.717, 1.165) is 17.0 Å². The summed E-state index contributed by atoms with van der Waals surface area (Å²) in [5.74, 6) is -0.223. The zero-order valence-corrected chi connectivity index (χ0v) is 14.4. The van der Waals surface area contributed by atoms with Crippen molar-refractivity contribution < 1.29 is 9.59 Å². The van der Waals surface area contributed by atoms with Crippen LogP contribution in [0.2, 0.25) is 0 Å². The monoisotopic (exact) mass is 340 g/mol. The van der Waals surface area contributed by atoms with Crippen LogP contribution >= 0.6 is 11.3 Å². The molecular formula is C19H20N2O2S. The Morgan fingerprint density at radius 3 is 2.71 bits per heavy atom. The Kier molecular flexibility index (Phi) is 5.11. The minimum absolute atomic E-state index is 0.105. The largest absolute Gasteiger partial charge is 0.327 e. The van der Waals surface area contributed by atoms with Gasteiger partial charge >= 0.3 is 0 Å². The number of nitrogens with zero attached hydrogens (tertiary/aromatic N) is 1. The minimum atomic E-state index is -0.396. The third kappa shape index (κ3) is 3.92. The van der Waals surface area contributed by atoms with E-state index in [2.05, 4.69) is 5.32 Å². The Balaban J connectivity index is 1.65. The summed E-state index contributed by atoms with van der Waals surface area (Å²) in [5.41, 5.74) is 0.756. The quantitative estimate of drug-likeness (QED) is 0.863. The van der Waals surface area contributed by atoms with Crippen LogP contribution in [-0.2, 0) is 9.59 Å². The average molecular weight is 340 g/mol. The van der Waals surface area contributed by atoms with Crippen LogP contribution in [0.15, 0.2) is 48.5 Å². The lowest BCUT2D eigenvalue weighted by atomic mass is 10.2. The molecule has 0 saturated carbocycles. The van der Waals surface area contributed by atoms with Gasteiger partial charge < -0.3 is 10.2 Å². The molecule has 1 saturated heterocycles. The molecule has 0 spiro atoms. The summed E-state index contributed by atoms with van der Waals surface area (Å²) in [7, 11) is 0. The summed E-state index contributed by atoms with van der Waals surface area (Å²) in [4.78, 5) is 28.9. The number of para-hydroxylation sites is 1. The van der Waals surface area contributed by atoms with Gasteiger partial charge in [0.1, 0.15) is 6.04 Å². The van der Waals surface area contributed by atoms with Gasteiger partial charge in [0.05, 0.1) is 0 Å².